The molecular weight excluding hydrogens is 329 g/mol. The molecule has 1 unspecified atom stereocenters. The maximum Gasteiger partial charge on any atom is 0.273 e. The number of carbonyl (C=O) groups excluding carboxylic acids is 1. The van der Waals surface area contributed by atoms with E-state index in [0.29, 0.717) is 17.5 Å². The lowest BCUT2D eigenvalue weighted by Crippen LogP contribution is -2.42. The molecule has 2 rings (SSSR count). The number of hydrogen-bond acceptors (Lipinski definition) is 4. The lowest BCUT2D eigenvalue weighted by atomic mass is 9.98. The molecule has 0 saturated carbocycles. The fourth-order valence-corrected chi connectivity index (χ4v) is 3.33. The second-order valence-corrected chi connectivity index (χ2v) is 6.43. The number of hydrogen-bond donors (Lipinski definition) is 1. The van der Waals surface area contributed by atoms with Crippen LogP contribution < -0.4 is 5.32 Å². The summed E-state index contributed by atoms with van der Waals surface area (Å²) in [6, 6.07) is 0. The summed E-state index contributed by atoms with van der Waals surface area (Å²) in [4.78, 5) is 18.9. The molecule has 0 spiro atoms. The van der Waals surface area contributed by atoms with Crippen LogP contribution in [0.15, 0.2) is 5.38 Å². The van der Waals surface area contributed by atoms with Gasteiger partial charge in [-0.2, -0.15) is 0 Å². The molecule has 0 bridgehead atoms. The normalized spacial score (nSPS) is 18.1. The van der Waals surface area contributed by atoms with E-state index in [4.69, 9.17) is 0 Å². The summed E-state index contributed by atoms with van der Waals surface area (Å²) in [5.74, 6) is 1.07. The molecule has 122 valence electrons. The third-order valence-electron chi connectivity index (χ3n) is 3.53. The SMILES string of the molecule is CNCC1CCCN(C(=O)c2csc(C(C)C)n2)C1.Cl.Cl. The van der Waals surface area contributed by atoms with Crippen LogP contribution >= 0.6 is 36.2 Å². The van der Waals surface area contributed by atoms with Gasteiger partial charge in [0.2, 0.25) is 0 Å². The average Bonchev–Trinajstić information content (AvgIpc) is 2.88. The largest absolute Gasteiger partial charge is 0.337 e. The van der Waals surface area contributed by atoms with Crippen LogP contribution in [0.25, 0.3) is 0 Å². The molecule has 0 radical (unpaired) electrons. The van der Waals surface area contributed by atoms with Gasteiger partial charge in [-0.1, -0.05) is 13.8 Å². The third-order valence-corrected chi connectivity index (χ3v) is 4.68. The van der Waals surface area contributed by atoms with Crippen molar-refractivity contribution >= 4 is 42.1 Å². The minimum atomic E-state index is 0. The van der Waals surface area contributed by atoms with Crippen molar-refractivity contribution < 1.29 is 4.79 Å². The van der Waals surface area contributed by atoms with Crippen LogP contribution in [0.1, 0.15) is 48.1 Å². The van der Waals surface area contributed by atoms with Gasteiger partial charge < -0.3 is 10.2 Å². The number of likely N-dealkylation sites (tertiary alicyclic amines) is 1. The van der Waals surface area contributed by atoms with Crippen molar-refractivity contribution in [1.29, 1.82) is 0 Å². The van der Waals surface area contributed by atoms with Gasteiger partial charge in [-0.25, -0.2) is 4.98 Å². The highest BCUT2D eigenvalue weighted by Crippen LogP contribution is 2.22. The quantitative estimate of drug-likeness (QED) is 0.903. The monoisotopic (exact) mass is 353 g/mol. The van der Waals surface area contributed by atoms with Crippen molar-refractivity contribution in [3.63, 3.8) is 0 Å². The molecule has 1 saturated heterocycles. The van der Waals surface area contributed by atoms with E-state index in [-0.39, 0.29) is 30.7 Å². The van der Waals surface area contributed by atoms with Crippen LogP contribution in [0.2, 0.25) is 0 Å². The number of nitrogens with one attached hydrogen (secondary N) is 1. The molecule has 21 heavy (non-hydrogen) atoms. The molecular formula is C14H25Cl2N3OS. The molecule has 1 N–H and O–H groups in total. The molecule has 0 aromatic carbocycles. The standard InChI is InChI=1S/C14H23N3OS.2ClH/c1-10(2)13-16-12(9-19-13)14(18)17-6-4-5-11(8-17)7-15-3;;/h9-11,15H,4-8H2,1-3H3;2*1H. The lowest BCUT2D eigenvalue weighted by molar-refractivity contribution is 0.0669. The highest BCUT2D eigenvalue weighted by Gasteiger charge is 2.25. The van der Waals surface area contributed by atoms with Crippen LogP contribution in [-0.2, 0) is 0 Å². The molecule has 2 heterocycles. The maximum atomic E-state index is 12.4. The minimum absolute atomic E-state index is 0. The Morgan fingerprint density at radius 2 is 2.24 bits per heavy atom. The number of thiazole rings is 1. The van der Waals surface area contributed by atoms with Crippen LogP contribution in [0.5, 0.6) is 0 Å². The van der Waals surface area contributed by atoms with Crippen LogP contribution in [0.4, 0.5) is 0 Å². The highest BCUT2D eigenvalue weighted by atomic mass is 35.5. The van der Waals surface area contributed by atoms with Crippen molar-refractivity contribution in [2.75, 3.05) is 26.7 Å². The number of rotatable bonds is 4. The second-order valence-electron chi connectivity index (χ2n) is 5.54. The first-order valence-electron chi connectivity index (χ1n) is 7.01. The van der Waals surface area contributed by atoms with E-state index in [2.05, 4.69) is 24.1 Å². The summed E-state index contributed by atoms with van der Waals surface area (Å²) in [6.45, 7) is 6.92. The van der Waals surface area contributed by atoms with Crippen molar-refractivity contribution in [2.24, 2.45) is 5.92 Å². The Morgan fingerprint density at radius 3 is 2.81 bits per heavy atom. The molecule has 1 aromatic rings. The van der Waals surface area contributed by atoms with Gasteiger partial charge in [0, 0.05) is 24.4 Å². The Bertz CT molecular complexity index is 438. The Balaban J connectivity index is 0.00000200. The predicted octanol–water partition coefficient (Wildman–Crippen LogP) is 3.18. The average molecular weight is 354 g/mol. The van der Waals surface area contributed by atoms with Crippen molar-refractivity contribution in [3.05, 3.63) is 16.1 Å². The number of carbonyl (C=O) groups is 1. The van der Waals surface area contributed by atoms with Crippen molar-refractivity contribution in [3.8, 4) is 0 Å². The van der Waals surface area contributed by atoms with Gasteiger partial charge >= 0.3 is 0 Å². The number of aromatic nitrogens is 1. The minimum Gasteiger partial charge on any atom is -0.337 e. The zero-order valence-corrected chi connectivity index (χ0v) is 15.2. The number of halogens is 2. The second kappa shape index (κ2) is 9.62. The topological polar surface area (TPSA) is 45.2 Å². The van der Waals surface area contributed by atoms with Crippen molar-refractivity contribution in [1.82, 2.24) is 15.2 Å². The van der Waals surface area contributed by atoms with Crippen LogP contribution in [0, 0.1) is 5.92 Å². The molecule has 1 fully saturated rings. The summed E-state index contributed by atoms with van der Waals surface area (Å²) in [5.41, 5.74) is 0.624. The predicted molar refractivity (Wildman–Crippen MR) is 93.3 cm³/mol. The molecule has 0 aliphatic carbocycles. The summed E-state index contributed by atoms with van der Waals surface area (Å²) >= 11 is 1.59. The van der Waals surface area contributed by atoms with E-state index in [1.807, 2.05) is 17.3 Å². The van der Waals surface area contributed by atoms with Gasteiger partial charge in [0.25, 0.3) is 5.91 Å². The van der Waals surface area contributed by atoms with Crippen molar-refractivity contribution in [2.45, 2.75) is 32.6 Å². The number of amides is 1. The molecule has 7 heteroatoms. The van der Waals surface area contributed by atoms with Gasteiger partial charge in [0.1, 0.15) is 5.69 Å². The van der Waals surface area contributed by atoms with E-state index < -0.39 is 0 Å². The van der Waals surface area contributed by atoms with Gasteiger partial charge in [-0.05, 0) is 32.4 Å². The van der Waals surface area contributed by atoms with E-state index in [9.17, 15) is 4.79 Å². The molecule has 1 aliphatic rings. The smallest absolute Gasteiger partial charge is 0.273 e. The first-order valence-corrected chi connectivity index (χ1v) is 7.89. The van der Waals surface area contributed by atoms with Crippen LogP contribution in [-0.4, -0.2) is 42.5 Å². The highest BCUT2D eigenvalue weighted by molar-refractivity contribution is 7.09. The van der Waals surface area contributed by atoms with Gasteiger partial charge in [0.05, 0.1) is 5.01 Å². The van der Waals surface area contributed by atoms with Gasteiger partial charge in [-0.3, -0.25) is 4.79 Å². The first kappa shape index (κ1) is 20.6. The molecule has 4 nitrogen and oxygen atoms in total. The summed E-state index contributed by atoms with van der Waals surface area (Å²) in [7, 11) is 1.97. The third kappa shape index (κ3) is 5.40. The summed E-state index contributed by atoms with van der Waals surface area (Å²) < 4.78 is 0. The van der Waals surface area contributed by atoms with E-state index in [1.54, 1.807) is 11.3 Å². The molecule has 1 atom stereocenters. The number of nitrogens with zero attached hydrogens (tertiary/aromatic N) is 2. The molecule has 1 aromatic heterocycles. The first-order chi connectivity index (χ1) is 9.11. The maximum absolute atomic E-state index is 12.4. The zero-order valence-electron chi connectivity index (χ0n) is 12.8. The fourth-order valence-electron chi connectivity index (χ4n) is 2.52. The lowest BCUT2D eigenvalue weighted by Gasteiger charge is -2.32. The Labute approximate surface area is 143 Å². The summed E-state index contributed by atoms with van der Waals surface area (Å²) in [6.07, 6.45) is 2.30. The Kier molecular flexibility index (Phi) is 9.45. The van der Waals surface area contributed by atoms with Crippen LogP contribution in [0.3, 0.4) is 0 Å². The molecule has 1 amide bonds. The van der Waals surface area contributed by atoms with E-state index in [1.165, 1.54) is 6.42 Å². The molecule has 1 aliphatic heterocycles. The van der Waals surface area contributed by atoms with Gasteiger partial charge in [-0.15, -0.1) is 36.2 Å². The summed E-state index contributed by atoms with van der Waals surface area (Å²) in [5, 5.41) is 6.15. The fraction of sp³-hybridized carbons (Fsp3) is 0.714. The number of piperidine rings is 1. The zero-order chi connectivity index (χ0) is 13.8. The Hall–Kier alpha value is -0.360. The van der Waals surface area contributed by atoms with E-state index in [0.717, 1.165) is 31.1 Å². The Morgan fingerprint density at radius 1 is 1.52 bits per heavy atom. The van der Waals surface area contributed by atoms with E-state index >= 15 is 0 Å². The van der Waals surface area contributed by atoms with Gasteiger partial charge in [0.15, 0.2) is 0 Å².